The van der Waals surface area contributed by atoms with Crippen molar-refractivity contribution in [2.24, 2.45) is 5.41 Å². The molecular weight excluding hydrogens is 306 g/mol. The monoisotopic (exact) mass is 323 g/mol. The topological polar surface area (TPSA) is 82.5 Å². The first-order valence-electron chi connectivity index (χ1n) is 7.92. The molecule has 24 heavy (non-hydrogen) atoms. The first kappa shape index (κ1) is 14.8. The van der Waals surface area contributed by atoms with Crippen molar-refractivity contribution >= 4 is 17.6 Å². The van der Waals surface area contributed by atoms with Gasteiger partial charge in [-0.05, 0) is 54.7 Å². The lowest BCUT2D eigenvalue weighted by molar-refractivity contribution is -0.125. The zero-order valence-corrected chi connectivity index (χ0v) is 13.0. The molecule has 0 unspecified atom stereocenters. The smallest absolute Gasteiger partial charge is 0.274 e. The van der Waals surface area contributed by atoms with Gasteiger partial charge < -0.3 is 0 Å². The van der Waals surface area contributed by atoms with Crippen LogP contribution in [0.25, 0.3) is 0 Å². The molecule has 1 spiro atoms. The number of pyridine rings is 1. The number of carbonyl (C=O) groups excluding carboxylic acids is 2. The van der Waals surface area contributed by atoms with Crippen LogP contribution in [0.5, 0.6) is 0 Å². The Morgan fingerprint density at radius 1 is 1.21 bits per heavy atom. The van der Waals surface area contributed by atoms with Crippen molar-refractivity contribution in [3.63, 3.8) is 0 Å². The predicted molar refractivity (Wildman–Crippen MR) is 86.7 cm³/mol. The third-order valence-corrected chi connectivity index (χ3v) is 5.07. The Morgan fingerprint density at radius 2 is 2.04 bits per heavy atom. The molecule has 4 rings (SSSR count). The summed E-state index contributed by atoms with van der Waals surface area (Å²) in [5.41, 5.74) is 3.72. The molecule has 2 aromatic rings. The molecule has 0 bridgehead atoms. The SMILES string of the molecule is O=C(NO)c1ccc2c(c1)C[C@@]1(CCN(c3ccccn3)C1=O)C2. The Morgan fingerprint density at radius 3 is 2.79 bits per heavy atom. The number of benzene rings is 1. The van der Waals surface area contributed by atoms with Gasteiger partial charge in [-0.1, -0.05) is 12.1 Å². The summed E-state index contributed by atoms with van der Waals surface area (Å²) in [7, 11) is 0. The molecule has 2 heterocycles. The van der Waals surface area contributed by atoms with E-state index >= 15 is 0 Å². The van der Waals surface area contributed by atoms with E-state index in [4.69, 9.17) is 5.21 Å². The molecule has 2 N–H and O–H groups in total. The van der Waals surface area contributed by atoms with Gasteiger partial charge in [0.05, 0.1) is 5.41 Å². The fourth-order valence-electron chi connectivity index (χ4n) is 3.84. The van der Waals surface area contributed by atoms with Gasteiger partial charge in [-0.3, -0.25) is 19.7 Å². The van der Waals surface area contributed by atoms with Gasteiger partial charge in [0.1, 0.15) is 5.82 Å². The van der Waals surface area contributed by atoms with E-state index in [1.165, 1.54) is 0 Å². The molecule has 0 radical (unpaired) electrons. The Hall–Kier alpha value is -2.73. The number of hydrogen-bond acceptors (Lipinski definition) is 4. The summed E-state index contributed by atoms with van der Waals surface area (Å²) in [6, 6.07) is 10.9. The van der Waals surface area contributed by atoms with Crippen LogP contribution in [0.3, 0.4) is 0 Å². The van der Waals surface area contributed by atoms with Crippen LogP contribution in [0, 0.1) is 5.41 Å². The van der Waals surface area contributed by atoms with Gasteiger partial charge in [-0.2, -0.15) is 0 Å². The second-order valence-corrected chi connectivity index (χ2v) is 6.45. The fraction of sp³-hybridized carbons (Fsp3) is 0.278. The maximum absolute atomic E-state index is 13.0. The van der Waals surface area contributed by atoms with E-state index in [0.717, 1.165) is 17.5 Å². The summed E-state index contributed by atoms with van der Waals surface area (Å²) in [5.74, 6) is 0.257. The number of hydrogen-bond donors (Lipinski definition) is 2. The highest BCUT2D eigenvalue weighted by molar-refractivity contribution is 6.00. The largest absolute Gasteiger partial charge is 0.296 e. The minimum Gasteiger partial charge on any atom is -0.296 e. The summed E-state index contributed by atoms with van der Waals surface area (Å²) < 4.78 is 0. The van der Waals surface area contributed by atoms with E-state index in [1.54, 1.807) is 28.7 Å². The van der Waals surface area contributed by atoms with Crippen LogP contribution < -0.4 is 10.4 Å². The summed E-state index contributed by atoms with van der Waals surface area (Å²) >= 11 is 0. The summed E-state index contributed by atoms with van der Waals surface area (Å²) in [5, 5.41) is 8.78. The van der Waals surface area contributed by atoms with E-state index in [0.29, 0.717) is 30.8 Å². The Balaban J connectivity index is 1.62. The first-order valence-corrected chi connectivity index (χ1v) is 7.92. The molecule has 122 valence electrons. The number of fused-ring (bicyclic) bond motifs is 1. The second-order valence-electron chi connectivity index (χ2n) is 6.45. The zero-order valence-electron chi connectivity index (χ0n) is 13.0. The third kappa shape index (κ3) is 2.18. The minimum atomic E-state index is -0.536. The molecule has 1 aromatic heterocycles. The van der Waals surface area contributed by atoms with Crippen LogP contribution in [-0.4, -0.2) is 28.6 Å². The van der Waals surface area contributed by atoms with Crippen molar-refractivity contribution in [1.82, 2.24) is 10.5 Å². The number of aromatic nitrogens is 1. The van der Waals surface area contributed by atoms with E-state index in [2.05, 4.69) is 4.98 Å². The van der Waals surface area contributed by atoms with Crippen LogP contribution in [0.2, 0.25) is 0 Å². The molecular formula is C18H17N3O3. The van der Waals surface area contributed by atoms with E-state index in [1.807, 2.05) is 24.3 Å². The average molecular weight is 323 g/mol. The lowest BCUT2D eigenvalue weighted by Crippen LogP contribution is -2.35. The van der Waals surface area contributed by atoms with Crippen molar-refractivity contribution in [3.05, 3.63) is 59.3 Å². The van der Waals surface area contributed by atoms with E-state index in [9.17, 15) is 9.59 Å². The molecule has 2 aliphatic rings. The average Bonchev–Trinajstić information content (AvgIpc) is 3.15. The molecule has 6 nitrogen and oxygen atoms in total. The fourth-order valence-corrected chi connectivity index (χ4v) is 3.84. The number of rotatable bonds is 2. The van der Waals surface area contributed by atoms with Gasteiger partial charge in [0.25, 0.3) is 5.91 Å². The van der Waals surface area contributed by atoms with Crippen molar-refractivity contribution in [2.45, 2.75) is 19.3 Å². The van der Waals surface area contributed by atoms with Crippen LogP contribution in [-0.2, 0) is 17.6 Å². The van der Waals surface area contributed by atoms with Gasteiger partial charge in [-0.25, -0.2) is 10.5 Å². The Kier molecular flexibility index (Phi) is 3.35. The van der Waals surface area contributed by atoms with Crippen molar-refractivity contribution < 1.29 is 14.8 Å². The van der Waals surface area contributed by atoms with E-state index in [-0.39, 0.29) is 5.91 Å². The van der Waals surface area contributed by atoms with Crippen LogP contribution in [0.1, 0.15) is 27.9 Å². The standard InChI is InChI=1S/C18H17N3O3/c22-16(20-24)12-4-5-13-10-18(11-14(13)9-12)6-8-21(17(18)23)15-3-1-2-7-19-15/h1-5,7,9,24H,6,8,10-11H2,(H,20,22)/t18-/m1/s1. The molecule has 1 saturated heterocycles. The second kappa shape index (κ2) is 5.42. The predicted octanol–water partition coefficient (Wildman–Crippen LogP) is 1.72. The minimum absolute atomic E-state index is 0.102. The Bertz CT molecular complexity index is 822. The highest BCUT2D eigenvalue weighted by Gasteiger charge is 2.50. The zero-order chi connectivity index (χ0) is 16.7. The summed E-state index contributed by atoms with van der Waals surface area (Å²) in [6.45, 7) is 0.661. The highest BCUT2D eigenvalue weighted by atomic mass is 16.5. The van der Waals surface area contributed by atoms with Gasteiger partial charge >= 0.3 is 0 Å². The summed E-state index contributed by atoms with van der Waals surface area (Å²) in [4.78, 5) is 30.7. The number of amides is 2. The molecule has 1 aromatic carbocycles. The van der Waals surface area contributed by atoms with Crippen molar-refractivity contribution in [1.29, 1.82) is 0 Å². The number of nitrogens with zero attached hydrogens (tertiary/aromatic N) is 2. The van der Waals surface area contributed by atoms with Crippen molar-refractivity contribution in [2.75, 3.05) is 11.4 Å². The van der Waals surface area contributed by atoms with Gasteiger partial charge in [0.2, 0.25) is 5.91 Å². The van der Waals surface area contributed by atoms with Gasteiger partial charge in [0.15, 0.2) is 0 Å². The third-order valence-electron chi connectivity index (χ3n) is 5.07. The maximum atomic E-state index is 13.0. The normalized spacial score (nSPS) is 22.0. The number of anilines is 1. The van der Waals surface area contributed by atoms with Gasteiger partial charge in [0, 0.05) is 18.3 Å². The van der Waals surface area contributed by atoms with Crippen LogP contribution in [0.15, 0.2) is 42.6 Å². The van der Waals surface area contributed by atoms with Gasteiger partial charge in [-0.15, -0.1) is 0 Å². The molecule has 1 aliphatic heterocycles. The lowest BCUT2D eigenvalue weighted by atomic mass is 9.83. The molecule has 6 heteroatoms. The van der Waals surface area contributed by atoms with Crippen LogP contribution in [0.4, 0.5) is 5.82 Å². The molecule has 0 saturated carbocycles. The maximum Gasteiger partial charge on any atom is 0.274 e. The Labute approximate surface area is 139 Å². The van der Waals surface area contributed by atoms with Crippen molar-refractivity contribution in [3.8, 4) is 0 Å². The molecule has 1 atom stereocenters. The first-order chi connectivity index (χ1) is 11.6. The number of hydroxylamine groups is 1. The highest BCUT2D eigenvalue weighted by Crippen LogP contribution is 2.45. The number of nitrogens with one attached hydrogen (secondary N) is 1. The van der Waals surface area contributed by atoms with E-state index < -0.39 is 11.3 Å². The lowest BCUT2D eigenvalue weighted by Gasteiger charge is -2.22. The quantitative estimate of drug-likeness (QED) is 0.651. The van der Waals surface area contributed by atoms with Crippen LogP contribution >= 0.6 is 0 Å². The molecule has 1 aliphatic carbocycles. The molecule has 1 fully saturated rings. The molecule has 2 amide bonds. The number of carbonyl (C=O) groups is 2. The summed E-state index contributed by atoms with van der Waals surface area (Å²) in [6.07, 6.45) is 3.78.